The average molecular weight is 521 g/mol. The first kappa shape index (κ1) is 19.7. The molecule has 0 spiro atoms. The number of ether oxygens (including phenoxy) is 2. The second-order valence-electron chi connectivity index (χ2n) is 6.54. The zero-order valence-corrected chi connectivity index (χ0v) is 19.4. The van der Waals surface area contributed by atoms with E-state index in [0.29, 0.717) is 6.61 Å². The van der Waals surface area contributed by atoms with Crippen molar-refractivity contribution in [1.29, 1.82) is 0 Å². The van der Waals surface area contributed by atoms with Gasteiger partial charge in [-0.1, -0.05) is 30.3 Å². The summed E-state index contributed by atoms with van der Waals surface area (Å²) < 4.78 is 14.0. The smallest absolute Gasteiger partial charge is 0.162 e. The normalized spacial score (nSPS) is 13.0. The first-order valence-electron chi connectivity index (χ1n) is 8.99. The number of benzene rings is 2. The fourth-order valence-electron chi connectivity index (χ4n) is 3.31. The van der Waals surface area contributed by atoms with E-state index in [2.05, 4.69) is 62.2 Å². The van der Waals surface area contributed by atoms with Gasteiger partial charge in [-0.15, -0.1) is 11.3 Å². The fourth-order valence-corrected chi connectivity index (χ4v) is 6.13. The van der Waals surface area contributed by atoms with Crippen LogP contribution in [0.5, 0.6) is 11.5 Å². The van der Waals surface area contributed by atoms with Gasteiger partial charge >= 0.3 is 0 Å². The highest BCUT2D eigenvalue weighted by Gasteiger charge is 2.20. The molecule has 0 saturated carbocycles. The Kier molecular flexibility index (Phi) is 6.19. The van der Waals surface area contributed by atoms with Crippen molar-refractivity contribution in [3.8, 4) is 11.5 Å². The molecule has 3 aromatic rings. The summed E-state index contributed by atoms with van der Waals surface area (Å²) in [6.07, 6.45) is 1.71. The summed E-state index contributed by atoms with van der Waals surface area (Å²) in [7, 11) is 1.69. The molecule has 1 aliphatic heterocycles. The molecule has 1 aromatic heterocycles. The number of methoxy groups -OCH3 is 1. The van der Waals surface area contributed by atoms with Crippen molar-refractivity contribution in [2.45, 2.75) is 19.4 Å². The highest BCUT2D eigenvalue weighted by atomic mass is 79.9. The minimum atomic E-state index is 0.505. The van der Waals surface area contributed by atoms with Crippen LogP contribution in [0.15, 0.2) is 61.1 Å². The van der Waals surface area contributed by atoms with Crippen LogP contribution < -0.4 is 9.47 Å². The van der Waals surface area contributed by atoms with Crippen LogP contribution in [0.3, 0.4) is 0 Å². The van der Waals surface area contributed by atoms with Crippen LogP contribution in [0.2, 0.25) is 0 Å². The Hall–Kier alpha value is -1.63. The Labute approximate surface area is 185 Å². The number of hydrogen-bond acceptors (Lipinski definition) is 4. The summed E-state index contributed by atoms with van der Waals surface area (Å²) in [5.41, 5.74) is 5.89. The highest BCUT2D eigenvalue weighted by molar-refractivity contribution is 9.12. The molecular formula is C22H19Br2NO2S. The van der Waals surface area contributed by atoms with Gasteiger partial charge in [0.2, 0.25) is 0 Å². The van der Waals surface area contributed by atoms with Gasteiger partial charge in [-0.2, -0.15) is 0 Å². The molecule has 1 aliphatic rings. The number of aliphatic imine (C=N–C) groups is 1. The molecule has 0 amide bonds. The lowest BCUT2D eigenvalue weighted by atomic mass is 9.93. The summed E-state index contributed by atoms with van der Waals surface area (Å²) in [5, 5.41) is 0. The Balaban J connectivity index is 1.63. The van der Waals surface area contributed by atoms with E-state index in [1.807, 2.05) is 18.2 Å². The van der Waals surface area contributed by atoms with Crippen molar-refractivity contribution in [1.82, 2.24) is 0 Å². The molecule has 0 fully saturated rings. The third-order valence-electron chi connectivity index (χ3n) is 4.71. The SMILES string of the molecule is COc1cc2c(cc1OCc1ccccc1)C(Cc1cc(Br)sc1Br)=NCC2. The maximum absolute atomic E-state index is 6.11. The number of thiophene rings is 1. The molecule has 28 heavy (non-hydrogen) atoms. The minimum absolute atomic E-state index is 0.505. The van der Waals surface area contributed by atoms with Gasteiger partial charge in [0.25, 0.3) is 0 Å². The Morgan fingerprint density at radius 2 is 1.89 bits per heavy atom. The largest absolute Gasteiger partial charge is 0.493 e. The summed E-state index contributed by atoms with van der Waals surface area (Å²) >= 11 is 8.91. The van der Waals surface area contributed by atoms with Gasteiger partial charge in [0.15, 0.2) is 11.5 Å². The number of fused-ring (bicyclic) bond motifs is 1. The van der Waals surface area contributed by atoms with E-state index >= 15 is 0 Å². The predicted octanol–water partition coefficient (Wildman–Crippen LogP) is 6.45. The molecule has 0 bridgehead atoms. The maximum Gasteiger partial charge on any atom is 0.162 e. The van der Waals surface area contributed by atoms with Crippen molar-refractivity contribution >= 4 is 48.9 Å². The van der Waals surface area contributed by atoms with Crippen molar-refractivity contribution in [2.24, 2.45) is 4.99 Å². The van der Waals surface area contributed by atoms with E-state index in [1.165, 1.54) is 11.1 Å². The first-order chi connectivity index (χ1) is 13.6. The Bertz CT molecular complexity index is 1010. The Morgan fingerprint density at radius 3 is 2.61 bits per heavy atom. The van der Waals surface area contributed by atoms with E-state index in [1.54, 1.807) is 18.4 Å². The lowest BCUT2D eigenvalue weighted by molar-refractivity contribution is 0.284. The minimum Gasteiger partial charge on any atom is -0.493 e. The molecule has 0 unspecified atom stereocenters. The topological polar surface area (TPSA) is 30.8 Å². The molecule has 0 saturated heterocycles. The summed E-state index contributed by atoms with van der Waals surface area (Å²) in [5.74, 6) is 1.53. The standard InChI is InChI=1S/C22H19Br2NO2S/c1-26-19-10-15-7-8-25-18(9-16-11-21(23)28-22(16)24)17(15)12-20(19)27-13-14-5-3-2-4-6-14/h2-6,10-12H,7-9,13H2,1H3. The Morgan fingerprint density at radius 1 is 1.07 bits per heavy atom. The van der Waals surface area contributed by atoms with E-state index < -0.39 is 0 Å². The van der Waals surface area contributed by atoms with E-state index in [-0.39, 0.29) is 0 Å². The summed E-state index contributed by atoms with van der Waals surface area (Å²) in [6, 6.07) is 16.5. The molecule has 4 rings (SSSR count). The molecule has 0 aliphatic carbocycles. The maximum atomic E-state index is 6.11. The zero-order chi connectivity index (χ0) is 19.5. The van der Waals surface area contributed by atoms with Crippen molar-refractivity contribution in [3.63, 3.8) is 0 Å². The van der Waals surface area contributed by atoms with Crippen molar-refractivity contribution in [3.05, 3.63) is 78.4 Å². The van der Waals surface area contributed by atoms with E-state index in [4.69, 9.17) is 14.5 Å². The molecule has 2 aromatic carbocycles. The molecule has 3 nitrogen and oxygen atoms in total. The molecular weight excluding hydrogens is 502 g/mol. The van der Waals surface area contributed by atoms with Gasteiger partial charge in [0.1, 0.15) is 6.61 Å². The molecule has 6 heteroatoms. The van der Waals surface area contributed by atoms with Crippen LogP contribution in [0.25, 0.3) is 0 Å². The van der Waals surface area contributed by atoms with Gasteiger partial charge in [-0.05, 0) is 73.2 Å². The quantitative estimate of drug-likeness (QED) is 0.374. The van der Waals surface area contributed by atoms with Gasteiger partial charge < -0.3 is 9.47 Å². The third kappa shape index (κ3) is 4.34. The van der Waals surface area contributed by atoms with Crippen LogP contribution in [0.1, 0.15) is 22.3 Å². The number of halogens is 2. The van der Waals surface area contributed by atoms with Gasteiger partial charge in [-0.3, -0.25) is 4.99 Å². The molecule has 2 heterocycles. The van der Waals surface area contributed by atoms with Crippen LogP contribution in [-0.4, -0.2) is 19.4 Å². The van der Waals surface area contributed by atoms with Gasteiger partial charge in [0.05, 0.1) is 14.7 Å². The number of nitrogens with zero attached hydrogens (tertiary/aromatic N) is 1. The van der Waals surface area contributed by atoms with Crippen LogP contribution >= 0.6 is 43.2 Å². The lowest BCUT2D eigenvalue weighted by Crippen LogP contribution is -2.16. The highest BCUT2D eigenvalue weighted by Crippen LogP contribution is 2.36. The van der Waals surface area contributed by atoms with E-state index in [9.17, 15) is 0 Å². The third-order valence-corrected chi connectivity index (χ3v) is 7.17. The summed E-state index contributed by atoms with van der Waals surface area (Å²) in [4.78, 5) is 4.82. The van der Waals surface area contributed by atoms with Crippen molar-refractivity contribution in [2.75, 3.05) is 13.7 Å². The molecule has 0 radical (unpaired) electrons. The van der Waals surface area contributed by atoms with Crippen LogP contribution in [0, 0.1) is 0 Å². The monoisotopic (exact) mass is 519 g/mol. The molecule has 0 atom stereocenters. The molecule has 144 valence electrons. The summed E-state index contributed by atoms with van der Waals surface area (Å²) in [6.45, 7) is 1.31. The fraction of sp³-hybridized carbons (Fsp3) is 0.227. The number of rotatable bonds is 6. The lowest BCUT2D eigenvalue weighted by Gasteiger charge is -2.20. The van der Waals surface area contributed by atoms with Crippen LogP contribution in [-0.2, 0) is 19.4 Å². The number of hydrogen-bond donors (Lipinski definition) is 0. The average Bonchev–Trinajstić information content (AvgIpc) is 3.03. The first-order valence-corrected chi connectivity index (χ1v) is 11.4. The van der Waals surface area contributed by atoms with Gasteiger partial charge in [-0.25, -0.2) is 0 Å². The van der Waals surface area contributed by atoms with Crippen LogP contribution in [0.4, 0.5) is 0 Å². The molecule has 0 N–H and O–H groups in total. The second-order valence-corrected chi connectivity index (χ2v) is 10.3. The van der Waals surface area contributed by atoms with Gasteiger partial charge in [0, 0.05) is 24.2 Å². The van der Waals surface area contributed by atoms with Crippen molar-refractivity contribution < 1.29 is 9.47 Å². The zero-order valence-electron chi connectivity index (χ0n) is 15.4. The van der Waals surface area contributed by atoms with E-state index in [0.717, 1.165) is 55.3 Å². The second kappa shape index (κ2) is 8.80. The predicted molar refractivity (Wildman–Crippen MR) is 122 cm³/mol.